The van der Waals surface area contributed by atoms with Gasteiger partial charge >= 0.3 is 0 Å². The lowest BCUT2D eigenvalue weighted by molar-refractivity contribution is 0.360. The summed E-state index contributed by atoms with van der Waals surface area (Å²) >= 11 is 0. The van der Waals surface area contributed by atoms with E-state index in [1.807, 2.05) is 0 Å². The molecule has 0 aliphatic carbocycles. The normalized spacial score (nSPS) is 12.0. The molecule has 2 N–H and O–H groups in total. The Labute approximate surface area is 52.3 Å². The molecule has 1 radical (unpaired) electrons. The number of hydrogen-bond donors (Lipinski definition) is 1. The van der Waals surface area contributed by atoms with E-state index in [1.165, 1.54) is 0 Å². The van der Waals surface area contributed by atoms with Crippen molar-refractivity contribution in [2.24, 2.45) is 11.1 Å². The molecular weight excluding hydrogens is 98.1 g/mol. The summed E-state index contributed by atoms with van der Waals surface area (Å²) in [7, 11) is 0. The van der Waals surface area contributed by atoms with Gasteiger partial charge in [0, 0.05) is 0 Å². The van der Waals surface area contributed by atoms with Crippen LogP contribution in [0.1, 0.15) is 26.7 Å². The molecule has 0 heterocycles. The predicted octanol–water partition coefficient (Wildman–Crippen LogP) is 1.59. The van der Waals surface area contributed by atoms with Gasteiger partial charge in [-0.05, 0) is 31.7 Å². The van der Waals surface area contributed by atoms with E-state index >= 15 is 0 Å². The first kappa shape index (κ1) is 7.96. The van der Waals surface area contributed by atoms with Gasteiger partial charge in [0.25, 0.3) is 0 Å². The lowest BCUT2D eigenvalue weighted by Crippen LogP contribution is -2.25. The van der Waals surface area contributed by atoms with Crippen LogP contribution < -0.4 is 5.73 Å². The molecule has 8 heavy (non-hydrogen) atoms. The van der Waals surface area contributed by atoms with E-state index in [2.05, 4.69) is 20.8 Å². The topological polar surface area (TPSA) is 26.0 Å². The Hall–Kier alpha value is -0.0400. The maximum atomic E-state index is 5.47. The molecule has 1 heteroatoms. The lowest BCUT2D eigenvalue weighted by atomic mass is 9.85. The Morgan fingerprint density at radius 2 is 1.75 bits per heavy atom. The zero-order valence-corrected chi connectivity index (χ0v) is 5.91. The quantitative estimate of drug-likeness (QED) is 0.592. The number of rotatable bonds is 3. The van der Waals surface area contributed by atoms with Gasteiger partial charge in [0.2, 0.25) is 0 Å². The van der Waals surface area contributed by atoms with Crippen LogP contribution in [0.3, 0.4) is 0 Å². The van der Waals surface area contributed by atoms with Crippen LogP contribution in [-0.4, -0.2) is 6.54 Å². The first-order valence-corrected chi connectivity index (χ1v) is 3.24. The maximum Gasteiger partial charge on any atom is -0.00207 e. The highest BCUT2D eigenvalue weighted by Crippen LogP contribution is 2.21. The SMILES string of the molecule is [CH2]C(CC)(CC)CN. The average molecular weight is 114 g/mol. The fourth-order valence-electron chi connectivity index (χ4n) is 0.539. The fraction of sp³-hybridized carbons (Fsp3) is 0.857. The van der Waals surface area contributed by atoms with Gasteiger partial charge < -0.3 is 5.73 Å². The van der Waals surface area contributed by atoms with Crippen LogP contribution in [-0.2, 0) is 0 Å². The van der Waals surface area contributed by atoms with Crippen LogP contribution in [0.25, 0.3) is 0 Å². The summed E-state index contributed by atoms with van der Waals surface area (Å²) in [6.07, 6.45) is 2.17. The summed E-state index contributed by atoms with van der Waals surface area (Å²) in [5.41, 5.74) is 5.62. The zero-order chi connectivity index (χ0) is 6.62. The molecule has 1 nitrogen and oxygen atoms in total. The highest BCUT2D eigenvalue weighted by atomic mass is 14.6. The molecule has 0 unspecified atom stereocenters. The molecule has 0 fully saturated rings. The van der Waals surface area contributed by atoms with Crippen molar-refractivity contribution in [3.63, 3.8) is 0 Å². The van der Waals surface area contributed by atoms with Crippen molar-refractivity contribution in [1.29, 1.82) is 0 Å². The summed E-state index contributed by atoms with van der Waals surface area (Å²) in [4.78, 5) is 0. The predicted molar refractivity (Wildman–Crippen MR) is 37.4 cm³/mol. The van der Waals surface area contributed by atoms with Gasteiger partial charge in [-0.1, -0.05) is 13.8 Å². The second-order valence-corrected chi connectivity index (χ2v) is 2.41. The minimum Gasteiger partial charge on any atom is -0.330 e. The molecule has 49 valence electrons. The van der Waals surface area contributed by atoms with Crippen LogP contribution in [0.2, 0.25) is 0 Å². The molecule has 0 aromatic heterocycles. The summed E-state index contributed by atoms with van der Waals surface area (Å²) in [5, 5.41) is 0. The molecule has 0 aliphatic rings. The standard InChI is InChI=1S/C7H16N/c1-4-7(3,5-2)6-8/h3-6,8H2,1-2H3. The molecule has 0 amide bonds. The van der Waals surface area contributed by atoms with Crippen molar-refractivity contribution in [2.45, 2.75) is 26.7 Å². The van der Waals surface area contributed by atoms with E-state index in [1.54, 1.807) is 0 Å². The minimum atomic E-state index is 0.153. The third-order valence-corrected chi connectivity index (χ3v) is 1.93. The van der Waals surface area contributed by atoms with Gasteiger partial charge in [0.1, 0.15) is 0 Å². The van der Waals surface area contributed by atoms with Crippen LogP contribution in [0, 0.1) is 12.3 Å². The highest BCUT2D eigenvalue weighted by molar-refractivity contribution is 4.79. The second-order valence-electron chi connectivity index (χ2n) is 2.41. The van der Waals surface area contributed by atoms with Crippen molar-refractivity contribution in [2.75, 3.05) is 6.54 Å². The highest BCUT2D eigenvalue weighted by Gasteiger charge is 2.15. The molecule has 0 spiro atoms. The van der Waals surface area contributed by atoms with Crippen LogP contribution >= 0.6 is 0 Å². The second kappa shape index (κ2) is 3.08. The maximum absolute atomic E-state index is 5.47. The largest absolute Gasteiger partial charge is 0.330 e. The first-order valence-electron chi connectivity index (χ1n) is 3.24. The van der Waals surface area contributed by atoms with Crippen LogP contribution in [0.5, 0.6) is 0 Å². The molecule has 0 aliphatic heterocycles. The van der Waals surface area contributed by atoms with E-state index in [0.29, 0.717) is 6.54 Å². The van der Waals surface area contributed by atoms with Crippen molar-refractivity contribution in [3.05, 3.63) is 6.92 Å². The Balaban J connectivity index is 3.58. The van der Waals surface area contributed by atoms with E-state index < -0.39 is 0 Å². The van der Waals surface area contributed by atoms with Crippen LogP contribution in [0.4, 0.5) is 0 Å². The van der Waals surface area contributed by atoms with E-state index in [0.717, 1.165) is 12.8 Å². The van der Waals surface area contributed by atoms with Crippen LogP contribution in [0.15, 0.2) is 0 Å². The fourth-order valence-corrected chi connectivity index (χ4v) is 0.539. The zero-order valence-electron chi connectivity index (χ0n) is 5.91. The van der Waals surface area contributed by atoms with Crippen molar-refractivity contribution >= 4 is 0 Å². The van der Waals surface area contributed by atoms with Gasteiger partial charge in [-0.3, -0.25) is 0 Å². The number of nitrogens with two attached hydrogens (primary N) is 1. The molecule has 0 aromatic carbocycles. The lowest BCUT2D eigenvalue weighted by Gasteiger charge is -2.23. The smallest absolute Gasteiger partial charge is 0.00207 e. The average Bonchev–Trinajstić information content (AvgIpc) is 1.87. The third kappa shape index (κ3) is 1.83. The molecule has 0 saturated heterocycles. The first-order chi connectivity index (χ1) is 3.68. The molecule has 0 saturated carbocycles. The van der Waals surface area contributed by atoms with E-state index in [-0.39, 0.29) is 5.41 Å². The summed E-state index contributed by atoms with van der Waals surface area (Å²) < 4.78 is 0. The van der Waals surface area contributed by atoms with E-state index in [4.69, 9.17) is 5.73 Å². The third-order valence-electron chi connectivity index (χ3n) is 1.93. The monoisotopic (exact) mass is 114 g/mol. The van der Waals surface area contributed by atoms with Crippen molar-refractivity contribution in [3.8, 4) is 0 Å². The van der Waals surface area contributed by atoms with E-state index in [9.17, 15) is 0 Å². The summed E-state index contributed by atoms with van der Waals surface area (Å²) in [6.45, 7) is 8.97. The summed E-state index contributed by atoms with van der Waals surface area (Å²) in [6, 6.07) is 0. The van der Waals surface area contributed by atoms with Gasteiger partial charge in [-0.2, -0.15) is 0 Å². The Morgan fingerprint density at radius 3 is 1.75 bits per heavy atom. The Bertz CT molecular complexity index is 47.1. The van der Waals surface area contributed by atoms with Gasteiger partial charge in [0.05, 0.1) is 0 Å². The molecule has 0 rings (SSSR count). The Morgan fingerprint density at radius 1 is 1.38 bits per heavy atom. The Kier molecular flexibility index (Phi) is 3.06. The molecular formula is C7H16N. The van der Waals surface area contributed by atoms with Gasteiger partial charge in [-0.25, -0.2) is 0 Å². The number of hydrogen-bond acceptors (Lipinski definition) is 1. The van der Waals surface area contributed by atoms with Crippen molar-refractivity contribution in [1.82, 2.24) is 0 Å². The minimum absolute atomic E-state index is 0.153. The molecule has 0 bridgehead atoms. The van der Waals surface area contributed by atoms with Crippen molar-refractivity contribution < 1.29 is 0 Å². The van der Waals surface area contributed by atoms with Gasteiger partial charge in [-0.15, -0.1) is 0 Å². The van der Waals surface area contributed by atoms with Gasteiger partial charge in [0.15, 0.2) is 0 Å². The molecule has 0 atom stereocenters. The molecule has 0 aromatic rings. The summed E-state index contributed by atoms with van der Waals surface area (Å²) in [5.74, 6) is 0.